The molecule has 6 nitrogen and oxygen atoms in total. The second-order valence-corrected chi connectivity index (χ2v) is 15.8. The number of hydrazone groups is 1. The highest BCUT2D eigenvalue weighted by Crippen LogP contribution is 2.73. The van der Waals surface area contributed by atoms with Gasteiger partial charge in [0.25, 0.3) is 0 Å². The van der Waals surface area contributed by atoms with Crippen molar-refractivity contribution >= 4 is 35.2 Å². The first-order chi connectivity index (χ1) is 20.4. The van der Waals surface area contributed by atoms with Gasteiger partial charge in [0.1, 0.15) is 6.10 Å². The summed E-state index contributed by atoms with van der Waals surface area (Å²) in [4.78, 5) is 12.0. The molecule has 7 heteroatoms. The van der Waals surface area contributed by atoms with Gasteiger partial charge < -0.3 is 15.2 Å². The topological polar surface area (TPSA) is 83.0 Å². The Balaban J connectivity index is 1.41. The van der Waals surface area contributed by atoms with Crippen LogP contribution in [0.5, 0.6) is 0 Å². The average molecular weight is 610 g/mol. The molecule has 43 heavy (non-hydrogen) atoms. The lowest BCUT2D eigenvalue weighted by Crippen LogP contribution is -2.55. The predicted molar refractivity (Wildman–Crippen MR) is 179 cm³/mol. The molecule has 4 fully saturated rings. The highest BCUT2D eigenvalue weighted by atomic mass is 32.1. The lowest BCUT2D eigenvalue weighted by Gasteiger charge is -2.52. The summed E-state index contributed by atoms with van der Waals surface area (Å²) in [6.45, 7) is 13.5. The second-order valence-electron chi connectivity index (χ2n) is 15.4. The van der Waals surface area contributed by atoms with Crippen LogP contribution in [0, 0.1) is 52.3 Å². The highest BCUT2D eigenvalue weighted by molar-refractivity contribution is 7.80. The number of thiocarbonyl (C=S) groups is 1. The summed E-state index contributed by atoms with van der Waals surface area (Å²) in [5.41, 5.74) is 2.99. The number of nitrogens with zero attached hydrogens (tertiary/aromatic N) is 1. The van der Waals surface area contributed by atoms with E-state index in [0.29, 0.717) is 29.3 Å². The van der Waals surface area contributed by atoms with Gasteiger partial charge in [0, 0.05) is 36.6 Å². The van der Waals surface area contributed by atoms with Crippen molar-refractivity contribution in [1.29, 1.82) is 0 Å². The Labute approximate surface area is 265 Å². The molecular formula is C36H55N3O3S. The van der Waals surface area contributed by atoms with Crippen molar-refractivity contribution in [2.75, 3.05) is 5.32 Å². The molecule has 0 amide bonds. The Hall–Kier alpha value is -1.99. The van der Waals surface area contributed by atoms with Crippen LogP contribution in [0.15, 0.2) is 35.4 Å². The summed E-state index contributed by atoms with van der Waals surface area (Å²) in [6, 6.07) is 9.83. The molecule has 0 aliphatic heterocycles. The van der Waals surface area contributed by atoms with E-state index in [1.807, 2.05) is 36.5 Å². The molecule has 4 aliphatic rings. The Morgan fingerprint density at radius 1 is 1.09 bits per heavy atom. The summed E-state index contributed by atoms with van der Waals surface area (Å²) in [5.74, 6) is 3.13. The Morgan fingerprint density at radius 3 is 2.53 bits per heavy atom. The number of esters is 1. The van der Waals surface area contributed by atoms with E-state index in [0.717, 1.165) is 42.7 Å². The van der Waals surface area contributed by atoms with Crippen molar-refractivity contribution in [3.8, 4) is 0 Å². The SMILES string of the molecule is CC(=O)O[C@H]1CC[C@]2(C)[C@H]3CC[C@]4(C)[C@@H]([C@H](C)CCCC(C)C)CC[C@H]4[C@@H]3[C@@H](/C=N/NC(=S)Nc3ccccc3)[C@]2(O)C1. The third kappa shape index (κ3) is 6.14. The van der Waals surface area contributed by atoms with Crippen LogP contribution in [0.25, 0.3) is 0 Å². The minimum atomic E-state index is -0.993. The smallest absolute Gasteiger partial charge is 0.302 e. The number of ether oxygens (including phenoxy) is 1. The minimum absolute atomic E-state index is 0.132. The molecule has 1 aromatic carbocycles. The quantitative estimate of drug-likeness (QED) is 0.114. The number of para-hydroxylation sites is 1. The molecule has 10 atom stereocenters. The largest absolute Gasteiger partial charge is 0.462 e. The average Bonchev–Trinajstić information content (AvgIpc) is 3.38. The molecule has 5 rings (SSSR count). The van der Waals surface area contributed by atoms with E-state index in [-0.39, 0.29) is 28.8 Å². The number of aliphatic hydroxyl groups is 1. The molecule has 0 bridgehead atoms. The van der Waals surface area contributed by atoms with Gasteiger partial charge in [0.2, 0.25) is 0 Å². The normalized spacial score (nSPS) is 39.2. The molecule has 4 aliphatic carbocycles. The Kier molecular flexibility index (Phi) is 9.63. The van der Waals surface area contributed by atoms with Crippen LogP contribution in [0.2, 0.25) is 0 Å². The predicted octanol–water partition coefficient (Wildman–Crippen LogP) is 7.96. The minimum Gasteiger partial charge on any atom is -0.462 e. The standard InChI is InChI=1S/C36H55N3O3S/c1-23(2)11-10-12-24(3)28-15-16-29-32-30(18-19-34(28,29)5)35(6)20-17-27(42-25(4)40)21-36(35,41)31(32)22-37-39-33(43)38-26-13-8-7-9-14-26/h7-9,13-14,22-24,27-32,41H,10-12,15-21H2,1-6H3,(H2,38,39,43)/b37-22+/t24-,27+,28-,29+,30+,31-,32+,34-,35-,36-/m1/s1. The first-order valence-electron chi connectivity index (χ1n) is 16.9. The van der Waals surface area contributed by atoms with Crippen LogP contribution in [0.4, 0.5) is 5.69 Å². The van der Waals surface area contributed by atoms with E-state index in [4.69, 9.17) is 22.1 Å². The van der Waals surface area contributed by atoms with E-state index in [1.165, 1.54) is 45.4 Å². The molecule has 1 aromatic rings. The Morgan fingerprint density at radius 2 is 1.84 bits per heavy atom. The fraction of sp³-hybridized carbons (Fsp3) is 0.750. The first-order valence-corrected chi connectivity index (χ1v) is 17.3. The third-order valence-corrected chi connectivity index (χ3v) is 12.8. The van der Waals surface area contributed by atoms with Crippen LogP contribution in [0.1, 0.15) is 106 Å². The summed E-state index contributed by atoms with van der Waals surface area (Å²) < 4.78 is 5.74. The van der Waals surface area contributed by atoms with Crippen molar-refractivity contribution in [2.24, 2.45) is 57.4 Å². The number of anilines is 1. The van der Waals surface area contributed by atoms with Crippen molar-refractivity contribution in [2.45, 2.75) is 117 Å². The molecule has 238 valence electrons. The molecule has 4 saturated carbocycles. The van der Waals surface area contributed by atoms with E-state index in [9.17, 15) is 9.90 Å². The van der Waals surface area contributed by atoms with Crippen molar-refractivity contribution in [3.63, 3.8) is 0 Å². The van der Waals surface area contributed by atoms with Gasteiger partial charge in [0.05, 0.1) is 5.60 Å². The number of carbonyl (C=O) groups excluding carboxylic acids is 1. The zero-order chi connectivity index (χ0) is 31.0. The van der Waals surface area contributed by atoms with Crippen LogP contribution < -0.4 is 10.7 Å². The van der Waals surface area contributed by atoms with Crippen LogP contribution in [-0.4, -0.2) is 34.1 Å². The lowest BCUT2D eigenvalue weighted by molar-refractivity contribution is -0.170. The van der Waals surface area contributed by atoms with Gasteiger partial charge >= 0.3 is 5.97 Å². The van der Waals surface area contributed by atoms with Crippen LogP contribution in [0.3, 0.4) is 0 Å². The molecule has 0 heterocycles. The van der Waals surface area contributed by atoms with Gasteiger partial charge in [-0.25, -0.2) is 0 Å². The maximum absolute atomic E-state index is 12.8. The number of benzene rings is 1. The van der Waals surface area contributed by atoms with E-state index < -0.39 is 5.60 Å². The van der Waals surface area contributed by atoms with Crippen molar-refractivity contribution in [3.05, 3.63) is 30.3 Å². The number of carbonyl (C=O) groups is 1. The maximum Gasteiger partial charge on any atom is 0.302 e. The van der Waals surface area contributed by atoms with Gasteiger partial charge in [-0.05, 0) is 104 Å². The molecule has 0 radical (unpaired) electrons. The van der Waals surface area contributed by atoms with Crippen LogP contribution >= 0.6 is 12.2 Å². The monoisotopic (exact) mass is 609 g/mol. The number of fused-ring (bicyclic) bond motifs is 5. The van der Waals surface area contributed by atoms with E-state index >= 15 is 0 Å². The van der Waals surface area contributed by atoms with Crippen molar-refractivity contribution < 1.29 is 14.6 Å². The molecule has 3 N–H and O–H groups in total. The number of hydrogen-bond donors (Lipinski definition) is 3. The van der Waals surface area contributed by atoms with E-state index in [2.05, 4.69) is 45.4 Å². The Bertz CT molecular complexity index is 1180. The maximum atomic E-state index is 12.8. The fourth-order valence-corrected chi connectivity index (χ4v) is 10.7. The molecule has 0 unspecified atom stereocenters. The number of rotatable bonds is 9. The van der Waals surface area contributed by atoms with Crippen molar-refractivity contribution in [1.82, 2.24) is 5.43 Å². The lowest BCUT2D eigenvalue weighted by atomic mass is 9.53. The summed E-state index contributed by atoms with van der Waals surface area (Å²) >= 11 is 5.55. The number of hydrogen-bond acceptors (Lipinski definition) is 5. The van der Waals surface area contributed by atoms with Gasteiger partial charge in [-0.1, -0.05) is 72.1 Å². The van der Waals surface area contributed by atoms with Gasteiger partial charge in [-0.2, -0.15) is 5.10 Å². The fourth-order valence-electron chi connectivity index (χ4n) is 10.6. The van der Waals surface area contributed by atoms with Gasteiger partial charge in [0.15, 0.2) is 5.11 Å². The first kappa shape index (κ1) is 32.4. The molecule has 0 saturated heterocycles. The van der Waals surface area contributed by atoms with Crippen LogP contribution in [-0.2, 0) is 9.53 Å². The molecule has 0 aromatic heterocycles. The summed E-state index contributed by atoms with van der Waals surface area (Å²) in [7, 11) is 0. The van der Waals surface area contributed by atoms with Gasteiger partial charge in [-0.3, -0.25) is 10.2 Å². The summed E-state index contributed by atoms with van der Waals surface area (Å²) in [5, 5.41) is 21.2. The zero-order valence-electron chi connectivity index (χ0n) is 27.3. The number of nitrogens with one attached hydrogen (secondary N) is 2. The second kappa shape index (κ2) is 12.8. The van der Waals surface area contributed by atoms with E-state index in [1.54, 1.807) is 0 Å². The molecule has 0 spiro atoms. The third-order valence-electron chi connectivity index (χ3n) is 12.6. The molecular weight excluding hydrogens is 554 g/mol. The zero-order valence-corrected chi connectivity index (χ0v) is 28.1. The highest BCUT2D eigenvalue weighted by Gasteiger charge is 2.72. The summed E-state index contributed by atoms with van der Waals surface area (Å²) in [6.07, 6.45) is 12.7. The van der Waals surface area contributed by atoms with Gasteiger partial charge in [-0.15, -0.1) is 0 Å².